The first-order valence-corrected chi connectivity index (χ1v) is 13.9. The van der Waals surface area contributed by atoms with Crippen LogP contribution in [0.5, 0.6) is 5.75 Å². The van der Waals surface area contributed by atoms with Crippen LogP contribution in [-0.2, 0) is 19.6 Å². The van der Waals surface area contributed by atoms with Crippen molar-refractivity contribution in [1.82, 2.24) is 18.7 Å². The molecular formula is C27H24N4O5S2. The summed E-state index contributed by atoms with van der Waals surface area (Å²) in [6, 6.07) is 22.8. The maximum Gasteiger partial charge on any atom is 0.318 e. The van der Waals surface area contributed by atoms with Crippen molar-refractivity contribution in [3.05, 3.63) is 85.1 Å². The summed E-state index contributed by atoms with van der Waals surface area (Å²) < 4.78 is 40.5. The summed E-state index contributed by atoms with van der Waals surface area (Å²) in [7, 11) is -0.971. The number of methoxy groups -OCH3 is 2. The fourth-order valence-electron chi connectivity index (χ4n) is 4.09. The van der Waals surface area contributed by atoms with E-state index in [9.17, 15) is 13.2 Å². The number of benzene rings is 3. The predicted octanol–water partition coefficient (Wildman–Crippen LogP) is 4.79. The van der Waals surface area contributed by atoms with E-state index >= 15 is 0 Å². The molecule has 0 fully saturated rings. The second kappa shape index (κ2) is 10.3. The van der Waals surface area contributed by atoms with Gasteiger partial charge in [-0.05, 0) is 49.4 Å². The van der Waals surface area contributed by atoms with Crippen LogP contribution in [0.25, 0.3) is 28.0 Å². The minimum atomic E-state index is -3.89. The minimum absolute atomic E-state index is 0.173. The maximum atomic E-state index is 13.6. The SMILES string of the molecule is COC(=O)C(C)Sc1nnc(-c2cn(S(=O)(=O)c3ccccc3)c3ccccc23)n1-c1ccc(OC)cc1. The average molecular weight is 549 g/mol. The quantitative estimate of drug-likeness (QED) is 0.201. The molecule has 0 saturated heterocycles. The van der Waals surface area contributed by atoms with Crippen molar-refractivity contribution >= 4 is 38.7 Å². The van der Waals surface area contributed by atoms with Gasteiger partial charge in [-0.1, -0.05) is 48.2 Å². The van der Waals surface area contributed by atoms with Crippen LogP contribution in [0.4, 0.5) is 0 Å². The first kappa shape index (κ1) is 25.6. The van der Waals surface area contributed by atoms with Crippen LogP contribution in [0, 0.1) is 0 Å². The average Bonchev–Trinajstić information content (AvgIpc) is 3.55. The number of ether oxygens (including phenoxy) is 2. The largest absolute Gasteiger partial charge is 0.497 e. The number of nitrogens with zero attached hydrogens (tertiary/aromatic N) is 4. The molecule has 1 unspecified atom stereocenters. The zero-order valence-electron chi connectivity index (χ0n) is 20.8. The molecule has 0 aliphatic heterocycles. The Morgan fingerprint density at radius 3 is 2.29 bits per heavy atom. The summed E-state index contributed by atoms with van der Waals surface area (Å²) in [5.74, 6) is 0.699. The van der Waals surface area contributed by atoms with Gasteiger partial charge in [0.05, 0.1) is 24.6 Å². The summed E-state index contributed by atoms with van der Waals surface area (Å²) in [4.78, 5) is 12.3. The number of hydrogen-bond donors (Lipinski definition) is 0. The van der Waals surface area contributed by atoms with Gasteiger partial charge >= 0.3 is 5.97 Å². The molecule has 0 N–H and O–H groups in total. The highest BCUT2D eigenvalue weighted by Crippen LogP contribution is 2.36. The molecule has 0 bridgehead atoms. The van der Waals surface area contributed by atoms with Crippen molar-refractivity contribution in [2.75, 3.05) is 14.2 Å². The number of para-hydroxylation sites is 1. The molecule has 2 heterocycles. The number of carbonyl (C=O) groups is 1. The van der Waals surface area contributed by atoms with Crippen molar-refractivity contribution in [3.63, 3.8) is 0 Å². The molecule has 0 aliphatic carbocycles. The maximum absolute atomic E-state index is 13.6. The van der Waals surface area contributed by atoms with Crippen LogP contribution >= 0.6 is 11.8 Å². The molecular weight excluding hydrogens is 524 g/mol. The number of esters is 1. The second-order valence-corrected chi connectivity index (χ2v) is 11.4. The summed E-state index contributed by atoms with van der Waals surface area (Å²) in [5.41, 5.74) is 1.79. The van der Waals surface area contributed by atoms with Gasteiger partial charge in [0.2, 0.25) is 0 Å². The lowest BCUT2D eigenvalue weighted by Crippen LogP contribution is -2.15. The van der Waals surface area contributed by atoms with E-state index in [1.807, 2.05) is 24.3 Å². The van der Waals surface area contributed by atoms with Gasteiger partial charge in [0.15, 0.2) is 11.0 Å². The highest BCUT2D eigenvalue weighted by molar-refractivity contribution is 8.00. The number of fused-ring (bicyclic) bond motifs is 1. The van der Waals surface area contributed by atoms with E-state index in [0.717, 1.165) is 0 Å². The van der Waals surface area contributed by atoms with Crippen molar-refractivity contribution in [2.45, 2.75) is 22.2 Å². The van der Waals surface area contributed by atoms with Gasteiger partial charge in [-0.15, -0.1) is 10.2 Å². The van der Waals surface area contributed by atoms with Crippen molar-refractivity contribution in [3.8, 4) is 22.8 Å². The fourth-order valence-corrected chi connectivity index (χ4v) is 6.37. The number of rotatable bonds is 8. The number of aromatic nitrogens is 4. The molecule has 2 aromatic heterocycles. The van der Waals surface area contributed by atoms with Gasteiger partial charge in [-0.25, -0.2) is 12.4 Å². The molecule has 11 heteroatoms. The third-order valence-corrected chi connectivity index (χ3v) is 8.71. The number of hydrogen-bond acceptors (Lipinski definition) is 8. The molecule has 9 nitrogen and oxygen atoms in total. The van der Waals surface area contributed by atoms with Gasteiger partial charge in [0.1, 0.15) is 11.0 Å². The Morgan fingerprint density at radius 2 is 1.61 bits per heavy atom. The van der Waals surface area contributed by atoms with Gasteiger partial charge in [0, 0.05) is 22.8 Å². The molecule has 38 heavy (non-hydrogen) atoms. The third-order valence-electron chi connectivity index (χ3n) is 6.00. The van der Waals surface area contributed by atoms with Crippen molar-refractivity contribution < 1.29 is 22.7 Å². The number of carbonyl (C=O) groups excluding carboxylic acids is 1. The van der Waals surface area contributed by atoms with E-state index in [4.69, 9.17) is 9.47 Å². The third kappa shape index (κ3) is 4.54. The highest BCUT2D eigenvalue weighted by Gasteiger charge is 2.27. The normalized spacial score (nSPS) is 12.4. The van der Waals surface area contributed by atoms with Gasteiger partial charge in [-0.3, -0.25) is 9.36 Å². The topological polar surface area (TPSA) is 105 Å². The summed E-state index contributed by atoms with van der Waals surface area (Å²) >= 11 is 1.20. The van der Waals surface area contributed by atoms with Crippen LogP contribution in [0.3, 0.4) is 0 Å². The Morgan fingerprint density at radius 1 is 0.921 bits per heavy atom. The van der Waals surface area contributed by atoms with E-state index in [1.165, 1.54) is 22.8 Å². The first-order valence-electron chi connectivity index (χ1n) is 11.6. The molecule has 0 spiro atoms. The summed E-state index contributed by atoms with van der Waals surface area (Å²) in [6.07, 6.45) is 1.56. The molecule has 1 atom stereocenters. The number of thioether (sulfide) groups is 1. The van der Waals surface area contributed by atoms with E-state index in [2.05, 4.69) is 10.2 Å². The van der Waals surface area contributed by atoms with Crippen molar-refractivity contribution in [2.24, 2.45) is 0 Å². The fraction of sp³-hybridized carbons (Fsp3) is 0.148. The predicted molar refractivity (Wildman–Crippen MR) is 145 cm³/mol. The summed E-state index contributed by atoms with van der Waals surface area (Å²) in [5, 5.41) is 9.43. The van der Waals surface area contributed by atoms with Crippen molar-refractivity contribution in [1.29, 1.82) is 0 Å². The molecule has 0 amide bonds. The summed E-state index contributed by atoms with van der Waals surface area (Å²) in [6.45, 7) is 1.72. The van der Waals surface area contributed by atoms with Crippen LogP contribution in [0.2, 0.25) is 0 Å². The van der Waals surface area contributed by atoms with E-state index < -0.39 is 21.2 Å². The molecule has 3 aromatic carbocycles. The van der Waals surface area contributed by atoms with E-state index in [0.29, 0.717) is 38.9 Å². The van der Waals surface area contributed by atoms with Gasteiger partial charge < -0.3 is 9.47 Å². The zero-order valence-corrected chi connectivity index (χ0v) is 22.4. The zero-order chi connectivity index (χ0) is 26.9. The monoisotopic (exact) mass is 548 g/mol. The Balaban J connectivity index is 1.73. The molecule has 0 aliphatic rings. The molecule has 0 radical (unpaired) electrons. The standard InChI is InChI=1S/C27H24N4O5S2/c1-18(26(32)36-3)37-27-29-28-25(31(27)19-13-15-20(35-2)16-14-19)23-17-30(24-12-8-7-11-22(23)24)38(33,34)21-9-5-4-6-10-21/h4-18H,1-3H3. The van der Waals surface area contributed by atoms with Gasteiger partial charge in [0.25, 0.3) is 10.0 Å². The van der Waals surface area contributed by atoms with Crippen LogP contribution in [0.1, 0.15) is 6.92 Å². The Kier molecular flexibility index (Phi) is 6.96. The first-order chi connectivity index (χ1) is 18.3. The molecule has 5 aromatic rings. The van der Waals surface area contributed by atoms with Gasteiger partial charge in [-0.2, -0.15) is 0 Å². The minimum Gasteiger partial charge on any atom is -0.497 e. The van der Waals surface area contributed by atoms with E-state index in [1.54, 1.807) is 79.4 Å². The highest BCUT2D eigenvalue weighted by atomic mass is 32.2. The lowest BCUT2D eigenvalue weighted by molar-refractivity contribution is -0.139. The molecule has 0 saturated carbocycles. The van der Waals surface area contributed by atoms with Crippen LogP contribution in [0.15, 0.2) is 95.1 Å². The lowest BCUT2D eigenvalue weighted by Gasteiger charge is -2.13. The Hall–Kier alpha value is -4.09. The van der Waals surface area contributed by atoms with Crippen LogP contribution < -0.4 is 4.74 Å². The van der Waals surface area contributed by atoms with Crippen LogP contribution in [-0.4, -0.2) is 52.6 Å². The van der Waals surface area contributed by atoms with E-state index in [-0.39, 0.29) is 4.90 Å². The molecule has 5 rings (SSSR count). The lowest BCUT2D eigenvalue weighted by atomic mass is 10.1. The Labute approximate surface area is 224 Å². The molecule has 194 valence electrons. The smallest absolute Gasteiger partial charge is 0.318 e. The Bertz CT molecular complexity index is 1710. The second-order valence-electron chi connectivity index (χ2n) is 8.30.